The van der Waals surface area contributed by atoms with Gasteiger partial charge in [0.25, 0.3) is 0 Å². The van der Waals surface area contributed by atoms with Gasteiger partial charge in [-0.25, -0.2) is 0 Å². The standard InChI is InChI=1S/C27H47NO3/c1-18(5-10-25(30)31-4)22-8-9-23-21-7-6-19-17-20(28-15-16-29)11-13-26(19,2)24(21)12-14-27(22,23)3/h18-24,28-29H,5-17H2,1-4H3/t18?,19-,20-,21?,22-,23?,24?,26+,27-/m1/s1. The normalized spacial score (nSPS) is 45.3. The summed E-state index contributed by atoms with van der Waals surface area (Å²) in [5.41, 5.74) is 0.996. The Balaban J connectivity index is 1.43. The molecule has 4 aliphatic rings. The lowest BCUT2D eigenvalue weighted by molar-refractivity contribution is -0.141. The Kier molecular flexibility index (Phi) is 7.09. The van der Waals surface area contributed by atoms with Crippen molar-refractivity contribution in [1.82, 2.24) is 5.32 Å². The molecule has 0 spiro atoms. The van der Waals surface area contributed by atoms with Gasteiger partial charge >= 0.3 is 5.97 Å². The van der Waals surface area contributed by atoms with E-state index in [1.54, 1.807) is 0 Å². The second kappa shape index (κ2) is 9.33. The molecule has 4 unspecified atom stereocenters. The van der Waals surface area contributed by atoms with Crippen LogP contribution in [0, 0.1) is 46.3 Å². The number of carbonyl (C=O) groups excluding carboxylic acids is 1. The molecule has 178 valence electrons. The highest BCUT2D eigenvalue weighted by Crippen LogP contribution is 2.68. The maximum atomic E-state index is 11.7. The predicted molar refractivity (Wildman–Crippen MR) is 125 cm³/mol. The van der Waals surface area contributed by atoms with Gasteiger partial charge in [0.2, 0.25) is 0 Å². The first-order valence-corrected chi connectivity index (χ1v) is 13.2. The van der Waals surface area contributed by atoms with E-state index >= 15 is 0 Å². The van der Waals surface area contributed by atoms with Gasteiger partial charge in [0.05, 0.1) is 13.7 Å². The Morgan fingerprint density at radius 2 is 1.81 bits per heavy atom. The average Bonchev–Trinajstić information content (AvgIpc) is 3.13. The zero-order valence-corrected chi connectivity index (χ0v) is 20.5. The maximum absolute atomic E-state index is 11.7. The summed E-state index contributed by atoms with van der Waals surface area (Å²) >= 11 is 0. The molecule has 2 N–H and O–H groups in total. The second-order valence-electron chi connectivity index (χ2n) is 12.1. The number of nitrogens with one attached hydrogen (secondary N) is 1. The maximum Gasteiger partial charge on any atom is 0.305 e. The number of aliphatic hydroxyl groups excluding tert-OH is 1. The van der Waals surface area contributed by atoms with E-state index in [1.165, 1.54) is 64.9 Å². The van der Waals surface area contributed by atoms with Crippen LogP contribution >= 0.6 is 0 Å². The van der Waals surface area contributed by atoms with E-state index in [2.05, 4.69) is 26.1 Å². The summed E-state index contributed by atoms with van der Waals surface area (Å²) in [5.74, 6) is 4.91. The minimum Gasteiger partial charge on any atom is -0.469 e. The van der Waals surface area contributed by atoms with Gasteiger partial charge in [-0.3, -0.25) is 4.79 Å². The summed E-state index contributed by atoms with van der Waals surface area (Å²) < 4.78 is 4.90. The number of rotatable bonds is 7. The third-order valence-corrected chi connectivity index (χ3v) is 11.0. The minimum absolute atomic E-state index is 0.0504. The minimum atomic E-state index is -0.0504. The van der Waals surface area contributed by atoms with Gasteiger partial charge in [0.1, 0.15) is 0 Å². The Morgan fingerprint density at radius 1 is 1.06 bits per heavy atom. The Labute approximate surface area is 190 Å². The van der Waals surface area contributed by atoms with Crippen LogP contribution in [0.3, 0.4) is 0 Å². The molecule has 4 heteroatoms. The Morgan fingerprint density at radius 3 is 2.55 bits per heavy atom. The summed E-state index contributed by atoms with van der Waals surface area (Å²) in [7, 11) is 1.51. The summed E-state index contributed by atoms with van der Waals surface area (Å²) in [6.07, 6.45) is 13.9. The molecule has 0 aromatic carbocycles. The first-order valence-electron chi connectivity index (χ1n) is 13.2. The number of ether oxygens (including phenoxy) is 1. The van der Waals surface area contributed by atoms with E-state index in [1.807, 2.05) is 0 Å². The van der Waals surface area contributed by atoms with Crippen molar-refractivity contribution in [3.8, 4) is 0 Å². The van der Waals surface area contributed by atoms with Gasteiger partial charge in [0, 0.05) is 19.0 Å². The molecule has 0 amide bonds. The zero-order chi connectivity index (χ0) is 22.2. The zero-order valence-electron chi connectivity index (χ0n) is 20.5. The number of methoxy groups -OCH3 is 1. The molecule has 0 heterocycles. The van der Waals surface area contributed by atoms with E-state index < -0.39 is 0 Å². The van der Waals surface area contributed by atoms with E-state index in [0.717, 1.165) is 42.6 Å². The smallest absolute Gasteiger partial charge is 0.305 e. The van der Waals surface area contributed by atoms with Crippen molar-refractivity contribution < 1.29 is 14.6 Å². The number of hydrogen-bond acceptors (Lipinski definition) is 4. The van der Waals surface area contributed by atoms with Crippen molar-refractivity contribution in [2.45, 2.75) is 97.4 Å². The summed E-state index contributed by atoms with van der Waals surface area (Å²) in [6, 6.07) is 0.613. The van der Waals surface area contributed by atoms with E-state index in [-0.39, 0.29) is 12.6 Å². The van der Waals surface area contributed by atoms with Crippen LogP contribution < -0.4 is 5.32 Å². The van der Waals surface area contributed by atoms with Crippen LogP contribution in [0.25, 0.3) is 0 Å². The molecular weight excluding hydrogens is 386 g/mol. The first-order chi connectivity index (χ1) is 14.8. The van der Waals surface area contributed by atoms with Crippen LogP contribution in [-0.2, 0) is 9.53 Å². The molecule has 0 aromatic rings. The van der Waals surface area contributed by atoms with Crippen LogP contribution in [0.2, 0.25) is 0 Å². The van der Waals surface area contributed by atoms with Gasteiger partial charge in [0.15, 0.2) is 0 Å². The van der Waals surface area contributed by atoms with Crippen molar-refractivity contribution in [3.05, 3.63) is 0 Å². The van der Waals surface area contributed by atoms with Crippen LogP contribution in [-0.4, -0.2) is 37.4 Å². The Hall–Kier alpha value is -0.610. The molecule has 4 rings (SSSR count). The van der Waals surface area contributed by atoms with Crippen molar-refractivity contribution in [1.29, 1.82) is 0 Å². The molecule has 9 atom stereocenters. The quantitative estimate of drug-likeness (QED) is 0.543. The third kappa shape index (κ3) is 4.21. The topological polar surface area (TPSA) is 58.6 Å². The van der Waals surface area contributed by atoms with Crippen LogP contribution in [0.4, 0.5) is 0 Å². The predicted octanol–water partition coefficient (Wildman–Crippen LogP) is 5.19. The van der Waals surface area contributed by atoms with E-state index in [0.29, 0.717) is 29.2 Å². The lowest BCUT2D eigenvalue weighted by atomic mass is 9.44. The second-order valence-corrected chi connectivity index (χ2v) is 12.1. The fraction of sp³-hybridized carbons (Fsp3) is 0.963. The van der Waals surface area contributed by atoms with Gasteiger partial charge in [-0.05, 0) is 111 Å². The molecule has 0 aliphatic heterocycles. The van der Waals surface area contributed by atoms with Crippen molar-refractivity contribution in [3.63, 3.8) is 0 Å². The number of aliphatic hydroxyl groups is 1. The highest BCUT2D eigenvalue weighted by atomic mass is 16.5. The van der Waals surface area contributed by atoms with E-state index in [4.69, 9.17) is 4.74 Å². The number of carbonyl (C=O) groups is 1. The third-order valence-electron chi connectivity index (χ3n) is 11.0. The summed E-state index contributed by atoms with van der Waals surface area (Å²) in [4.78, 5) is 11.7. The largest absolute Gasteiger partial charge is 0.469 e. The lowest BCUT2D eigenvalue weighted by Crippen LogP contribution is -2.55. The van der Waals surface area contributed by atoms with Gasteiger partial charge in [-0.2, -0.15) is 0 Å². The lowest BCUT2D eigenvalue weighted by Gasteiger charge is -2.61. The molecule has 0 aromatic heterocycles. The molecule has 4 nitrogen and oxygen atoms in total. The summed E-state index contributed by atoms with van der Waals surface area (Å²) in [6.45, 7) is 8.65. The Bertz CT molecular complexity index is 638. The van der Waals surface area contributed by atoms with Crippen molar-refractivity contribution in [2.75, 3.05) is 20.3 Å². The van der Waals surface area contributed by atoms with Crippen LogP contribution in [0.15, 0.2) is 0 Å². The highest BCUT2D eigenvalue weighted by Gasteiger charge is 2.60. The highest BCUT2D eigenvalue weighted by molar-refractivity contribution is 5.69. The van der Waals surface area contributed by atoms with Gasteiger partial charge in [-0.1, -0.05) is 20.8 Å². The average molecular weight is 434 g/mol. The molecule has 0 radical (unpaired) electrons. The molecule has 4 saturated carbocycles. The number of fused-ring (bicyclic) bond motifs is 5. The molecule has 4 aliphatic carbocycles. The molecule has 31 heavy (non-hydrogen) atoms. The fourth-order valence-corrected chi connectivity index (χ4v) is 9.34. The number of esters is 1. The van der Waals surface area contributed by atoms with Crippen LogP contribution in [0.5, 0.6) is 0 Å². The molecule has 0 saturated heterocycles. The first kappa shape index (κ1) is 23.5. The fourth-order valence-electron chi connectivity index (χ4n) is 9.34. The van der Waals surface area contributed by atoms with Crippen molar-refractivity contribution in [2.24, 2.45) is 46.3 Å². The molecular formula is C27H47NO3. The van der Waals surface area contributed by atoms with E-state index in [9.17, 15) is 9.90 Å². The molecule has 4 fully saturated rings. The monoisotopic (exact) mass is 433 g/mol. The van der Waals surface area contributed by atoms with Crippen molar-refractivity contribution >= 4 is 5.97 Å². The summed E-state index contributed by atoms with van der Waals surface area (Å²) in [5, 5.41) is 12.8. The van der Waals surface area contributed by atoms with Gasteiger partial charge in [-0.15, -0.1) is 0 Å². The molecule has 0 bridgehead atoms. The SMILES string of the molecule is COC(=O)CCC(C)[C@H]1CCC2C3CC[C@@H]4C[C@H](NCCO)CC[C@]4(C)C3CC[C@@]21C. The van der Waals surface area contributed by atoms with Gasteiger partial charge < -0.3 is 15.2 Å². The van der Waals surface area contributed by atoms with Crippen LogP contribution in [0.1, 0.15) is 91.4 Å². The number of hydrogen-bond donors (Lipinski definition) is 2.